The minimum atomic E-state index is 0.308. The van der Waals surface area contributed by atoms with Gasteiger partial charge in [-0.25, -0.2) is 0 Å². The number of halogens is 1. The Morgan fingerprint density at radius 1 is 1.19 bits per heavy atom. The zero-order valence-corrected chi connectivity index (χ0v) is 10.7. The maximum absolute atomic E-state index is 5.89. The summed E-state index contributed by atoms with van der Waals surface area (Å²) in [5.74, 6) is 0. The highest BCUT2D eigenvalue weighted by atomic mass is 35.5. The van der Waals surface area contributed by atoms with Crippen LogP contribution in [0, 0.1) is 0 Å². The van der Waals surface area contributed by atoms with E-state index in [-0.39, 0.29) is 0 Å². The molecule has 0 aliphatic carbocycles. The molecule has 1 aromatic carbocycles. The first kappa shape index (κ1) is 11.7. The summed E-state index contributed by atoms with van der Waals surface area (Å²) in [7, 11) is 2.05. The summed E-state index contributed by atoms with van der Waals surface area (Å²) < 4.78 is 0. The molecule has 0 aromatic heterocycles. The second kappa shape index (κ2) is 4.64. The largest absolute Gasteiger partial charge is 0.371 e. The van der Waals surface area contributed by atoms with Gasteiger partial charge >= 0.3 is 0 Å². The van der Waals surface area contributed by atoms with Gasteiger partial charge in [-0.1, -0.05) is 11.6 Å². The number of piperidine rings is 1. The number of nitrogens with zero attached hydrogens (tertiary/aromatic N) is 1. The smallest absolute Gasteiger partial charge is 0.0407 e. The normalized spacial score (nSPS) is 19.8. The number of nitrogens with one attached hydrogen (secondary N) is 1. The number of benzene rings is 1. The molecule has 0 saturated carbocycles. The minimum absolute atomic E-state index is 0.308. The molecule has 1 aliphatic rings. The van der Waals surface area contributed by atoms with Gasteiger partial charge in [0.1, 0.15) is 0 Å². The molecular weight excluding hydrogens is 220 g/mol. The third kappa shape index (κ3) is 2.50. The summed E-state index contributed by atoms with van der Waals surface area (Å²) in [4.78, 5) is 2.43. The van der Waals surface area contributed by atoms with Gasteiger partial charge in [-0.2, -0.15) is 0 Å². The van der Waals surface area contributed by atoms with Gasteiger partial charge in [-0.15, -0.1) is 0 Å². The molecule has 0 atom stereocenters. The molecule has 1 heterocycles. The van der Waals surface area contributed by atoms with E-state index in [9.17, 15) is 0 Å². The van der Waals surface area contributed by atoms with E-state index < -0.39 is 0 Å². The van der Waals surface area contributed by atoms with Crippen LogP contribution in [0.5, 0.6) is 0 Å². The Kier molecular flexibility index (Phi) is 3.41. The molecule has 2 nitrogen and oxygen atoms in total. The van der Waals surface area contributed by atoms with Gasteiger partial charge in [0.2, 0.25) is 0 Å². The molecule has 1 saturated heterocycles. The van der Waals surface area contributed by atoms with E-state index in [0.717, 1.165) is 18.1 Å². The molecule has 1 fully saturated rings. The van der Waals surface area contributed by atoms with Crippen molar-refractivity contribution in [2.24, 2.45) is 0 Å². The van der Waals surface area contributed by atoms with E-state index in [2.05, 4.69) is 36.3 Å². The molecule has 0 radical (unpaired) electrons. The fourth-order valence-corrected chi connectivity index (χ4v) is 2.29. The Balaban J connectivity index is 2.01. The molecular formula is C13H19ClN2. The van der Waals surface area contributed by atoms with Crippen LogP contribution < -0.4 is 10.2 Å². The summed E-state index contributed by atoms with van der Waals surface area (Å²) >= 11 is 5.89. The maximum atomic E-state index is 5.89. The SMILES string of the molecule is CNC1(C)CCN(c2ccc(Cl)cc2)CC1. The molecule has 1 N–H and O–H groups in total. The molecule has 1 aromatic rings. The Hall–Kier alpha value is -0.730. The standard InChI is InChI=1S/C13H19ClN2/c1-13(15-2)7-9-16(10-8-13)12-5-3-11(14)4-6-12/h3-6,15H,7-10H2,1-2H3. The summed E-state index contributed by atoms with van der Waals surface area (Å²) in [6.07, 6.45) is 2.37. The third-order valence-electron chi connectivity index (χ3n) is 3.66. The van der Waals surface area contributed by atoms with Crippen molar-refractivity contribution < 1.29 is 0 Å². The van der Waals surface area contributed by atoms with E-state index in [1.165, 1.54) is 18.5 Å². The van der Waals surface area contributed by atoms with Gasteiger partial charge in [0.05, 0.1) is 0 Å². The van der Waals surface area contributed by atoms with Crippen LogP contribution in [-0.2, 0) is 0 Å². The minimum Gasteiger partial charge on any atom is -0.371 e. The number of hydrogen-bond donors (Lipinski definition) is 1. The van der Waals surface area contributed by atoms with Crippen molar-refractivity contribution in [3.8, 4) is 0 Å². The molecule has 1 aliphatic heterocycles. The second-order valence-electron chi connectivity index (χ2n) is 4.77. The zero-order chi connectivity index (χ0) is 11.6. The molecule has 0 bridgehead atoms. The van der Waals surface area contributed by atoms with Crippen molar-refractivity contribution in [1.82, 2.24) is 5.32 Å². The van der Waals surface area contributed by atoms with Gasteiger partial charge in [-0.3, -0.25) is 0 Å². The molecule has 0 unspecified atom stereocenters. The topological polar surface area (TPSA) is 15.3 Å². The van der Waals surface area contributed by atoms with Crippen molar-refractivity contribution >= 4 is 17.3 Å². The summed E-state index contributed by atoms with van der Waals surface area (Å²) in [6.45, 7) is 4.52. The van der Waals surface area contributed by atoms with E-state index in [4.69, 9.17) is 11.6 Å². The Labute approximate surface area is 103 Å². The highest BCUT2D eigenvalue weighted by molar-refractivity contribution is 6.30. The van der Waals surface area contributed by atoms with Crippen molar-refractivity contribution in [2.75, 3.05) is 25.0 Å². The third-order valence-corrected chi connectivity index (χ3v) is 3.91. The summed E-state index contributed by atoms with van der Waals surface area (Å²) in [5.41, 5.74) is 1.59. The second-order valence-corrected chi connectivity index (χ2v) is 5.21. The molecule has 2 rings (SSSR count). The predicted molar refractivity (Wildman–Crippen MR) is 70.4 cm³/mol. The van der Waals surface area contributed by atoms with Crippen LogP contribution in [-0.4, -0.2) is 25.7 Å². The Bertz CT molecular complexity index is 339. The number of rotatable bonds is 2. The van der Waals surface area contributed by atoms with Gasteiger partial charge in [-0.05, 0) is 51.1 Å². The van der Waals surface area contributed by atoms with Gasteiger partial charge < -0.3 is 10.2 Å². The van der Waals surface area contributed by atoms with Crippen LogP contribution in [0.2, 0.25) is 5.02 Å². The van der Waals surface area contributed by atoms with E-state index in [1.54, 1.807) is 0 Å². The quantitative estimate of drug-likeness (QED) is 0.853. The lowest BCUT2D eigenvalue weighted by atomic mass is 9.90. The average molecular weight is 239 g/mol. The lowest BCUT2D eigenvalue weighted by Crippen LogP contribution is -2.50. The van der Waals surface area contributed by atoms with Gasteiger partial charge in [0.15, 0.2) is 0 Å². The van der Waals surface area contributed by atoms with Crippen LogP contribution in [0.25, 0.3) is 0 Å². The summed E-state index contributed by atoms with van der Waals surface area (Å²) in [5, 5.41) is 4.22. The van der Waals surface area contributed by atoms with Crippen LogP contribution >= 0.6 is 11.6 Å². The molecule has 0 spiro atoms. The van der Waals surface area contributed by atoms with Crippen molar-refractivity contribution in [3.63, 3.8) is 0 Å². The monoisotopic (exact) mass is 238 g/mol. The van der Waals surface area contributed by atoms with E-state index in [0.29, 0.717) is 5.54 Å². The lowest BCUT2D eigenvalue weighted by molar-refractivity contribution is 0.305. The van der Waals surface area contributed by atoms with E-state index in [1.807, 2.05) is 12.1 Å². The first-order valence-corrected chi connectivity index (χ1v) is 6.20. The number of hydrogen-bond acceptors (Lipinski definition) is 2. The summed E-state index contributed by atoms with van der Waals surface area (Å²) in [6, 6.07) is 8.13. The Morgan fingerprint density at radius 2 is 1.75 bits per heavy atom. The number of anilines is 1. The highest BCUT2D eigenvalue weighted by Gasteiger charge is 2.28. The van der Waals surface area contributed by atoms with Crippen molar-refractivity contribution in [3.05, 3.63) is 29.3 Å². The fourth-order valence-electron chi connectivity index (χ4n) is 2.16. The fraction of sp³-hybridized carbons (Fsp3) is 0.538. The highest BCUT2D eigenvalue weighted by Crippen LogP contribution is 2.26. The Morgan fingerprint density at radius 3 is 2.25 bits per heavy atom. The van der Waals surface area contributed by atoms with E-state index >= 15 is 0 Å². The van der Waals surface area contributed by atoms with Crippen LogP contribution in [0.15, 0.2) is 24.3 Å². The van der Waals surface area contributed by atoms with Gasteiger partial charge in [0, 0.05) is 29.3 Å². The molecule has 3 heteroatoms. The van der Waals surface area contributed by atoms with Crippen molar-refractivity contribution in [1.29, 1.82) is 0 Å². The van der Waals surface area contributed by atoms with Crippen molar-refractivity contribution in [2.45, 2.75) is 25.3 Å². The average Bonchev–Trinajstić information content (AvgIpc) is 2.32. The van der Waals surface area contributed by atoms with Crippen LogP contribution in [0.1, 0.15) is 19.8 Å². The zero-order valence-electron chi connectivity index (χ0n) is 9.96. The first-order valence-electron chi connectivity index (χ1n) is 5.82. The predicted octanol–water partition coefficient (Wildman–Crippen LogP) is 2.92. The van der Waals surface area contributed by atoms with Gasteiger partial charge in [0.25, 0.3) is 0 Å². The lowest BCUT2D eigenvalue weighted by Gasteiger charge is -2.40. The first-order chi connectivity index (χ1) is 7.63. The molecule has 0 amide bonds. The molecule has 16 heavy (non-hydrogen) atoms. The van der Waals surface area contributed by atoms with Crippen LogP contribution in [0.3, 0.4) is 0 Å². The molecule has 88 valence electrons. The maximum Gasteiger partial charge on any atom is 0.0407 e. The van der Waals surface area contributed by atoms with Crippen LogP contribution in [0.4, 0.5) is 5.69 Å².